The molecule has 21 heavy (non-hydrogen) atoms. The smallest absolute Gasteiger partial charge is 0.223 e. The number of benzene rings is 1. The van der Waals surface area contributed by atoms with Crippen LogP contribution >= 0.6 is 0 Å². The molecule has 1 aliphatic heterocycles. The van der Waals surface area contributed by atoms with E-state index in [2.05, 4.69) is 10.6 Å². The van der Waals surface area contributed by atoms with Gasteiger partial charge >= 0.3 is 0 Å². The summed E-state index contributed by atoms with van der Waals surface area (Å²) in [4.78, 5) is 12.0. The van der Waals surface area contributed by atoms with Crippen LogP contribution in [0.25, 0.3) is 0 Å². The first-order valence-electron chi connectivity index (χ1n) is 7.39. The second-order valence-corrected chi connectivity index (χ2v) is 5.56. The SMILES string of the molecule is COc1ccc(OC(C)CNC(=O)C(C)C2CNC2)cc1. The molecule has 0 aliphatic carbocycles. The van der Waals surface area contributed by atoms with Crippen LogP contribution in [0.2, 0.25) is 0 Å². The topological polar surface area (TPSA) is 59.6 Å². The molecule has 5 heteroatoms. The van der Waals surface area contributed by atoms with Crippen LogP contribution in [-0.4, -0.2) is 38.8 Å². The Morgan fingerprint density at radius 3 is 2.43 bits per heavy atom. The first-order chi connectivity index (χ1) is 10.1. The Labute approximate surface area is 126 Å². The fourth-order valence-corrected chi connectivity index (χ4v) is 2.21. The fourth-order valence-electron chi connectivity index (χ4n) is 2.21. The number of hydrogen-bond donors (Lipinski definition) is 2. The number of methoxy groups -OCH3 is 1. The largest absolute Gasteiger partial charge is 0.497 e. The summed E-state index contributed by atoms with van der Waals surface area (Å²) in [5, 5.41) is 6.15. The maximum absolute atomic E-state index is 12.0. The van der Waals surface area contributed by atoms with E-state index in [1.807, 2.05) is 38.1 Å². The molecule has 1 saturated heterocycles. The summed E-state index contributed by atoms with van der Waals surface area (Å²) in [6, 6.07) is 7.43. The molecule has 1 fully saturated rings. The van der Waals surface area contributed by atoms with Gasteiger partial charge in [0.2, 0.25) is 5.91 Å². The number of hydrogen-bond acceptors (Lipinski definition) is 4. The standard InChI is InChI=1S/C16H24N2O3/c1-11(21-15-6-4-14(20-3)5-7-15)8-18-16(19)12(2)13-9-17-10-13/h4-7,11-13,17H,8-10H2,1-3H3,(H,18,19). The summed E-state index contributed by atoms with van der Waals surface area (Å²) in [5.74, 6) is 2.19. The second kappa shape index (κ2) is 7.31. The molecule has 1 heterocycles. The summed E-state index contributed by atoms with van der Waals surface area (Å²) >= 11 is 0. The van der Waals surface area contributed by atoms with Crippen LogP contribution in [0.1, 0.15) is 13.8 Å². The maximum Gasteiger partial charge on any atom is 0.223 e. The van der Waals surface area contributed by atoms with Crippen LogP contribution in [0.3, 0.4) is 0 Å². The predicted octanol–water partition coefficient (Wildman–Crippen LogP) is 1.43. The van der Waals surface area contributed by atoms with Gasteiger partial charge in [-0.15, -0.1) is 0 Å². The van der Waals surface area contributed by atoms with Crippen LogP contribution in [0.4, 0.5) is 0 Å². The quantitative estimate of drug-likeness (QED) is 0.798. The number of carbonyl (C=O) groups excluding carboxylic acids is 1. The molecule has 0 spiro atoms. The third kappa shape index (κ3) is 4.36. The van der Waals surface area contributed by atoms with E-state index in [-0.39, 0.29) is 17.9 Å². The van der Waals surface area contributed by atoms with Crippen molar-refractivity contribution in [1.82, 2.24) is 10.6 Å². The molecule has 2 unspecified atom stereocenters. The van der Waals surface area contributed by atoms with Crippen molar-refractivity contribution in [3.05, 3.63) is 24.3 Å². The molecule has 1 aromatic rings. The Bertz CT molecular complexity index is 457. The molecule has 2 rings (SSSR count). The van der Waals surface area contributed by atoms with Gasteiger partial charge in [0.1, 0.15) is 17.6 Å². The zero-order valence-corrected chi connectivity index (χ0v) is 12.9. The minimum atomic E-state index is -0.0749. The summed E-state index contributed by atoms with van der Waals surface area (Å²) < 4.78 is 10.9. The minimum absolute atomic E-state index is 0.0550. The summed E-state index contributed by atoms with van der Waals surface area (Å²) in [7, 11) is 1.63. The number of nitrogens with one attached hydrogen (secondary N) is 2. The van der Waals surface area contributed by atoms with Crippen molar-refractivity contribution in [2.45, 2.75) is 20.0 Å². The van der Waals surface area contributed by atoms with Crippen molar-refractivity contribution in [2.24, 2.45) is 11.8 Å². The molecule has 5 nitrogen and oxygen atoms in total. The first kappa shape index (κ1) is 15.6. The highest BCUT2D eigenvalue weighted by molar-refractivity contribution is 5.78. The summed E-state index contributed by atoms with van der Waals surface area (Å²) in [6.07, 6.45) is -0.0749. The van der Waals surface area contributed by atoms with Gasteiger partial charge in [-0.2, -0.15) is 0 Å². The van der Waals surface area contributed by atoms with Crippen molar-refractivity contribution in [3.8, 4) is 11.5 Å². The molecular weight excluding hydrogens is 268 g/mol. The van der Waals surface area contributed by atoms with Crippen molar-refractivity contribution >= 4 is 5.91 Å². The van der Waals surface area contributed by atoms with Crippen LogP contribution < -0.4 is 20.1 Å². The van der Waals surface area contributed by atoms with Crippen LogP contribution in [-0.2, 0) is 4.79 Å². The lowest BCUT2D eigenvalue weighted by Crippen LogP contribution is -2.50. The molecule has 2 atom stereocenters. The lowest BCUT2D eigenvalue weighted by molar-refractivity contribution is -0.127. The highest BCUT2D eigenvalue weighted by atomic mass is 16.5. The highest BCUT2D eigenvalue weighted by Crippen LogP contribution is 2.18. The Hall–Kier alpha value is -1.75. The molecule has 1 amide bonds. The third-order valence-corrected chi connectivity index (χ3v) is 3.89. The zero-order valence-electron chi connectivity index (χ0n) is 12.9. The highest BCUT2D eigenvalue weighted by Gasteiger charge is 2.28. The molecule has 0 radical (unpaired) electrons. The van der Waals surface area contributed by atoms with Gasteiger partial charge in [0.15, 0.2) is 0 Å². The van der Waals surface area contributed by atoms with E-state index < -0.39 is 0 Å². The lowest BCUT2D eigenvalue weighted by Gasteiger charge is -2.32. The average Bonchev–Trinajstić information content (AvgIpc) is 2.43. The fraction of sp³-hybridized carbons (Fsp3) is 0.562. The molecule has 1 aromatic carbocycles. The number of ether oxygens (including phenoxy) is 2. The van der Waals surface area contributed by atoms with E-state index in [1.54, 1.807) is 7.11 Å². The van der Waals surface area contributed by atoms with Gasteiger partial charge in [0.25, 0.3) is 0 Å². The Morgan fingerprint density at radius 2 is 1.90 bits per heavy atom. The van der Waals surface area contributed by atoms with Crippen LogP contribution in [0.15, 0.2) is 24.3 Å². The van der Waals surface area contributed by atoms with E-state index in [0.717, 1.165) is 24.6 Å². The molecular formula is C16H24N2O3. The number of carbonyl (C=O) groups is 1. The zero-order chi connectivity index (χ0) is 15.2. The molecule has 0 bridgehead atoms. The second-order valence-electron chi connectivity index (χ2n) is 5.56. The monoisotopic (exact) mass is 292 g/mol. The summed E-state index contributed by atoms with van der Waals surface area (Å²) in [5.41, 5.74) is 0. The normalized spacial score (nSPS) is 17.5. The Morgan fingerprint density at radius 1 is 1.29 bits per heavy atom. The molecule has 0 saturated carbocycles. The van der Waals surface area contributed by atoms with Gasteiger partial charge in [-0.25, -0.2) is 0 Å². The predicted molar refractivity (Wildman–Crippen MR) is 81.6 cm³/mol. The van der Waals surface area contributed by atoms with Gasteiger partial charge in [-0.3, -0.25) is 4.79 Å². The van der Waals surface area contributed by atoms with E-state index in [4.69, 9.17) is 9.47 Å². The first-order valence-corrected chi connectivity index (χ1v) is 7.39. The van der Waals surface area contributed by atoms with E-state index >= 15 is 0 Å². The molecule has 1 aliphatic rings. The Balaban J connectivity index is 1.73. The van der Waals surface area contributed by atoms with Crippen molar-refractivity contribution in [2.75, 3.05) is 26.7 Å². The van der Waals surface area contributed by atoms with Gasteiger partial charge in [0.05, 0.1) is 13.7 Å². The van der Waals surface area contributed by atoms with E-state index in [9.17, 15) is 4.79 Å². The number of rotatable bonds is 7. The molecule has 2 N–H and O–H groups in total. The average molecular weight is 292 g/mol. The number of amides is 1. The summed E-state index contributed by atoms with van der Waals surface area (Å²) in [6.45, 7) is 6.31. The van der Waals surface area contributed by atoms with Crippen molar-refractivity contribution < 1.29 is 14.3 Å². The van der Waals surface area contributed by atoms with Gasteiger partial charge in [-0.05, 0) is 50.2 Å². The lowest BCUT2D eigenvalue weighted by atomic mass is 9.88. The third-order valence-electron chi connectivity index (χ3n) is 3.89. The molecule has 0 aromatic heterocycles. The van der Waals surface area contributed by atoms with Crippen LogP contribution in [0.5, 0.6) is 11.5 Å². The van der Waals surface area contributed by atoms with E-state index in [1.165, 1.54) is 0 Å². The molecule has 116 valence electrons. The maximum atomic E-state index is 12.0. The Kier molecular flexibility index (Phi) is 5.44. The van der Waals surface area contributed by atoms with Gasteiger partial charge in [0, 0.05) is 5.92 Å². The van der Waals surface area contributed by atoms with Gasteiger partial charge in [-0.1, -0.05) is 6.92 Å². The van der Waals surface area contributed by atoms with E-state index in [0.29, 0.717) is 12.5 Å². The van der Waals surface area contributed by atoms with Crippen LogP contribution in [0, 0.1) is 11.8 Å². The minimum Gasteiger partial charge on any atom is -0.497 e. The van der Waals surface area contributed by atoms with Gasteiger partial charge < -0.3 is 20.1 Å². The van der Waals surface area contributed by atoms with Crippen molar-refractivity contribution in [1.29, 1.82) is 0 Å². The van der Waals surface area contributed by atoms with Crippen molar-refractivity contribution in [3.63, 3.8) is 0 Å².